The number of aromatic nitrogens is 1. The molecule has 1 amide bonds. The van der Waals surface area contributed by atoms with Crippen molar-refractivity contribution in [3.63, 3.8) is 0 Å². The third-order valence-electron chi connectivity index (χ3n) is 5.58. The molecule has 0 aliphatic heterocycles. The van der Waals surface area contributed by atoms with Crippen molar-refractivity contribution < 1.29 is 28.3 Å². The van der Waals surface area contributed by atoms with Crippen LogP contribution in [0, 0.1) is 31.1 Å². The molecule has 0 spiro atoms. The highest BCUT2D eigenvalue weighted by atomic mass is 16.5. The van der Waals surface area contributed by atoms with Crippen LogP contribution >= 0.6 is 0 Å². The molecule has 2 rings (SSSR count). The van der Waals surface area contributed by atoms with E-state index >= 15 is 0 Å². The quantitative estimate of drug-likeness (QED) is 0.411. The van der Waals surface area contributed by atoms with Gasteiger partial charge in [0.15, 0.2) is 17.6 Å². The van der Waals surface area contributed by atoms with Crippen LogP contribution in [-0.4, -0.2) is 35.8 Å². The van der Waals surface area contributed by atoms with E-state index in [4.69, 9.17) is 18.7 Å². The number of nitrogens with one attached hydrogen (secondary N) is 1. The van der Waals surface area contributed by atoms with Gasteiger partial charge in [-0.2, -0.15) is 5.26 Å². The second-order valence-electron chi connectivity index (χ2n) is 8.37. The molecule has 1 heterocycles. The maximum absolute atomic E-state index is 12.3. The predicted molar refractivity (Wildman–Crippen MR) is 125 cm³/mol. The van der Waals surface area contributed by atoms with Gasteiger partial charge >= 0.3 is 5.97 Å². The van der Waals surface area contributed by atoms with E-state index in [2.05, 4.69) is 16.5 Å². The van der Waals surface area contributed by atoms with Crippen molar-refractivity contribution in [1.29, 1.82) is 5.26 Å². The van der Waals surface area contributed by atoms with Crippen LogP contribution in [0.15, 0.2) is 28.8 Å². The second-order valence-corrected chi connectivity index (χ2v) is 8.37. The van der Waals surface area contributed by atoms with E-state index in [1.54, 1.807) is 31.2 Å². The van der Waals surface area contributed by atoms with Crippen molar-refractivity contribution in [1.82, 2.24) is 10.5 Å². The number of hydrogen-bond acceptors (Lipinski definition) is 8. The Kier molecular flexibility index (Phi) is 8.84. The van der Waals surface area contributed by atoms with Gasteiger partial charge in [-0.05, 0) is 57.4 Å². The first kappa shape index (κ1) is 26.5. The molecule has 2 aromatic rings. The van der Waals surface area contributed by atoms with Gasteiger partial charge in [-0.15, -0.1) is 0 Å². The van der Waals surface area contributed by atoms with Crippen molar-refractivity contribution in [3.05, 3.63) is 46.9 Å². The van der Waals surface area contributed by atoms with Crippen molar-refractivity contribution in [2.75, 3.05) is 7.11 Å². The fraction of sp³-hybridized carbons (Fsp3) is 0.440. The summed E-state index contributed by atoms with van der Waals surface area (Å²) in [5.41, 5.74) is 1.25. The molecule has 0 unspecified atom stereocenters. The Morgan fingerprint density at radius 1 is 1.26 bits per heavy atom. The summed E-state index contributed by atoms with van der Waals surface area (Å²) in [5, 5.41) is 15.9. The Bertz CT molecular complexity index is 1080. The lowest BCUT2D eigenvalue weighted by Crippen LogP contribution is -2.52. The molecule has 0 bridgehead atoms. The smallest absolute Gasteiger partial charge is 0.331 e. The molecule has 0 saturated carbocycles. The molecule has 1 N–H and O–H groups in total. The number of amides is 1. The van der Waals surface area contributed by atoms with E-state index in [1.165, 1.54) is 20.1 Å². The molecular weight excluding hydrogens is 438 g/mol. The van der Waals surface area contributed by atoms with Gasteiger partial charge in [0.25, 0.3) is 5.91 Å². The van der Waals surface area contributed by atoms with Crippen LogP contribution in [-0.2, 0) is 20.9 Å². The number of nitrogens with zero attached hydrogens (tertiary/aromatic N) is 2. The maximum atomic E-state index is 12.3. The largest absolute Gasteiger partial charge is 0.493 e. The van der Waals surface area contributed by atoms with Gasteiger partial charge in [0.05, 0.1) is 24.4 Å². The van der Waals surface area contributed by atoms with Gasteiger partial charge in [-0.25, -0.2) is 4.79 Å². The number of esters is 1. The van der Waals surface area contributed by atoms with Crippen molar-refractivity contribution >= 4 is 18.0 Å². The zero-order valence-electron chi connectivity index (χ0n) is 20.6. The summed E-state index contributed by atoms with van der Waals surface area (Å²) in [5.74, 6) is 0.358. The zero-order valence-corrected chi connectivity index (χ0v) is 20.6. The molecule has 2 atom stereocenters. The number of benzene rings is 1. The molecular formula is C25H31N3O6. The molecule has 182 valence electrons. The Balaban J connectivity index is 1.99. The minimum absolute atomic E-state index is 0.115. The molecule has 1 aromatic heterocycles. The number of carbonyl (C=O) groups excluding carboxylic acids is 2. The topological polar surface area (TPSA) is 124 Å². The van der Waals surface area contributed by atoms with Crippen molar-refractivity contribution in [3.8, 4) is 17.6 Å². The van der Waals surface area contributed by atoms with Crippen LogP contribution in [0.2, 0.25) is 0 Å². The average Bonchev–Trinajstić information content (AvgIpc) is 3.13. The fourth-order valence-electron chi connectivity index (χ4n) is 2.86. The van der Waals surface area contributed by atoms with Gasteiger partial charge in [0.1, 0.15) is 17.9 Å². The highest BCUT2D eigenvalue weighted by molar-refractivity contribution is 5.90. The van der Waals surface area contributed by atoms with Crippen LogP contribution in [0.1, 0.15) is 50.3 Å². The van der Waals surface area contributed by atoms with E-state index in [0.29, 0.717) is 22.8 Å². The summed E-state index contributed by atoms with van der Waals surface area (Å²) in [7, 11) is 1.52. The highest BCUT2D eigenvalue weighted by Crippen LogP contribution is 2.30. The first-order valence-electron chi connectivity index (χ1n) is 10.8. The molecule has 0 radical (unpaired) electrons. The van der Waals surface area contributed by atoms with Gasteiger partial charge < -0.3 is 24.1 Å². The predicted octanol–water partition coefficient (Wildman–Crippen LogP) is 3.88. The van der Waals surface area contributed by atoms with E-state index in [-0.39, 0.29) is 12.5 Å². The van der Waals surface area contributed by atoms with Gasteiger partial charge in [-0.3, -0.25) is 4.79 Å². The van der Waals surface area contributed by atoms with Crippen LogP contribution in [0.4, 0.5) is 0 Å². The summed E-state index contributed by atoms with van der Waals surface area (Å²) in [6, 6.07) is 7.28. The number of methoxy groups -OCH3 is 1. The minimum atomic E-state index is -1.06. The summed E-state index contributed by atoms with van der Waals surface area (Å²) in [6.45, 7) is 10.7. The normalized spacial score (nSPS) is 13.7. The van der Waals surface area contributed by atoms with Crippen LogP contribution in [0.25, 0.3) is 6.08 Å². The first-order valence-corrected chi connectivity index (χ1v) is 10.8. The standard InChI is InChI=1S/C25H31N3O6/c1-15(2)25(6,14-26)27-24(30)18(5)33-23(29)11-9-19-8-10-21(22(12-19)31-7)32-13-20-16(3)28-34-17(20)4/h8-12,15,18H,13H2,1-7H3,(H,27,30)/b11-9+/t18-,25+/m1/s1. The summed E-state index contributed by atoms with van der Waals surface area (Å²) < 4.78 is 21.6. The molecule has 0 aliphatic rings. The number of ether oxygens (including phenoxy) is 3. The summed E-state index contributed by atoms with van der Waals surface area (Å²) in [4.78, 5) is 24.5. The molecule has 34 heavy (non-hydrogen) atoms. The lowest BCUT2D eigenvalue weighted by atomic mass is 9.90. The maximum Gasteiger partial charge on any atom is 0.331 e. The van der Waals surface area contributed by atoms with E-state index in [0.717, 1.165) is 11.3 Å². The minimum Gasteiger partial charge on any atom is -0.493 e. The summed E-state index contributed by atoms with van der Waals surface area (Å²) in [6.07, 6.45) is 1.70. The third kappa shape index (κ3) is 6.61. The van der Waals surface area contributed by atoms with Crippen molar-refractivity contribution in [2.24, 2.45) is 5.92 Å². The van der Waals surface area contributed by atoms with E-state index in [9.17, 15) is 14.9 Å². The lowest BCUT2D eigenvalue weighted by Gasteiger charge is -2.28. The Morgan fingerprint density at radius 2 is 1.97 bits per heavy atom. The molecule has 1 aromatic carbocycles. The van der Waals surface area contributed by atoms with E-state index in [1.807, 2.05) is 27.7 Å². The molecule has 0 saturated heterocycles. The third-order valence-corrected chi connectivity index (χ3v) is 5.58. The molecule has 0 aliphatic carbocycles. The first-order chi connectivity index (χ1) is 16.0. The number of rotatable bonds is 10. The zero-order chi connectivity index (χ0) is 25.5. The summed E-state index contributed by atoms with van der Waals surface area (Å²) >= 11 is 0. The SMILES string of the molecule is COc1cc(/C=C/C(=O)O[C@H](C)C(=O)N[C@@](C)(C#N)C(C)C)ccc1OCc1c(C)noc1C. The Labute approximate surface area is 199 Å². The van der Waals surface area contributed by atoms with Gasteiger partial charge in [0, 0.05) is 6.08 Å². The van der Waals surface area contributed by atoms with Crippen molar-refractivity contribution in [2.45, 2.75) is 59.8 Å². The van der Waals surface area contributed by atoms with Crippen LogP contribution in [0.3, 0.4) is 0 Å². The second kappa shape index (κ2) is 11.4. The Morgan fingerprint density at radius 3 is 2.53 bits per heavy atom. The Hall–Kier alpha value is -3.80. The molecule has 9 nitrogen and oxygen atoms in total. The van der Waals surface area contributed by atoms with Gasteiger partial charge in [-0.1, -0.05) is 25.1 Å². The lowest BCUT2D eigenvalue weighted by molar-refractivity contribution is -0.150. The average molecular weight is 470 g/mol. The number of carbonyl (C=O) groups is 2. The van der Waals surface area contributed by atoms with Crippen LogP contribution in [0.5, 0.6) is 11.5 Å². The molecule has 9 heteroatoms. The number of nitriles is 1. The van der Waals surface area contributed by atoms with Gasteiger partial charge in [0.2, 0.25) is 0 Å². The fourth-order valence-corrected chi connectivity index (χ4v) is 2.86. The molecule has 0 fully saturated rings. The monoisotopic (exact) mass is 469 g/mol. The van der Waals surface area contributed by atoms with E-state index < -0.39 is 23.5 Å². The highest BCUT2D eigenvalue weighted by Gasteiger charge is 2.32. The number of hydrogen-bond donors (Lipinski definition) is 1. The number of aryl methyl sites for hydroxylation is 2. The van der Waals surface area contributed by atoms with Crippen LogP contribution < -0.4 is 14.8 Å².